The summed E-state index contributed by atoms with van der Waals surface area (Å²) in [4.78, 5) is 14.2. The Morgan fingerprint density at radius 1 is 1.36 bits per heavy atom. The Kier molecular flexibility index (Phi) is 6.10. The van der Waals surface area contributed by atoms with Crippen molar-refractivity contribution >= 4 is 5.97 Å². The molecule has 2 heterocycles. The molecule has 0 amide bonds. The van der Waals surface area contributed by atoms with E-state index in [1.807, 2.05) is 0 Å². The number of aryl methyl sites for hydroxylation is 1. The Hall–Kier alpha value is -1.42. The molecular formula is C21H30FNO2. The summed E-state index contributed by atoms with van der Waals surface area (Å²) in [5.41, 5.74) is 4.16. The number of esters is 1. The van der Waals surface area contributed by atoms with Gasteiger partial charge in [-0.1, -0.05) is 38.5 Å². The number of unbranched alkanes of at least 4 members (excludes halogenated alkanes) is 1. The van der Waals surface area contributed by atoms with E-state index in [0.29, 0.717) is 19.4 Å². The Morgan fingerprint density at radius 2 is 2.20 bits per heavy atom. The van der Waals surface area contributed by atoms with Crippen LogP contribution in [-0.2, 0) is 22.4 Å². The van der Waals surface area contributed by atoms with Gasteiger partial charge in [-0.3, -0.25) is 14.1 Å². The minimum atomic E-state index is -0.422. The zero-order valence-corrected chi connectivity index (χ0v) is 15.5. The third kappa shape index (κ3) is 4.05. The topological polar surface area (TPSA) is 29.5 Å². The molecule has 0 aliphatic carbocycles. The van der Waals surface area contributed by atoms with Gasteiger partial charge in [0.1, 0.15) is 6.10 Å². The molecule has 0 aromatic heterocycles. The normalized spacial score (nSPS) is 26.0. The predicted molar refractivity (Wildman–Crippen MR) is 97.3 cm³/mol. The highest BCUT2D eigenvalue weighted by Gasteiger charge is 2.40. The first-order chi connectivity index (χ1) is 12.2. The number of nitrogens with zero attached hydrogens (tertiary/aromatic N) is 1. The van der Waals surface area contributed by atoms with Crippen LogP contribution in [0.1, 0.15) is 62.3 Å². The van der Waals surface area contributed by atoms with Crippen molar-refractivity contribution < 1.29 is 13.9 Å². The molecule has 3 atom stereocenters. The van der Waals surface area contributed by atoms with Crippen molar-refractivity contribution in [2.24, 2.45) is 5.92 Å². The van der Waals surface area contributed by atoms with E-state index < -0.39 is 6.67 Å². The number of hydrogen-bond donors (Lipinski definition) is 0. The van der Waals surface area contributed by atoms with Gasteiger partial charge in [-0.2, -0.15) is 0 Å². The SMILES string of the molecule is CCCCc1ccc2c(c1)[C@@H]1C[C@H](OC(=O)CC)[C@@H](C[18F])CN1CC2. The Balaban J connectivity index is 1.82. The number of piperidine rings is 1. The summed E-state index contributed by atoms with van der Waals surface area (Å²) in [6, 6.07) is 7.12. The number of fused-ring (bicyclic) bond motifs is 3. The third-order valence-corrected chi connectivity index (χ3v) is 5.72. The van der Waals surface area contributed by atoms with Crippen molar-refractivity contribution in [3.63, 3.8) is 0 Å². The van der Waals surface area contributed by atoms with Gasteiger partial charge in [0.25, 0.3) is 0 Å². The average molecular weight is 346 g/mol. The highest BCUT2D eigenvalue weighted by molar-refractivity contribution is 5.69. The van der Waals surface area contributed by atoms with E-state index in [0.717, 1.165) is 19.4 Å². The van der Waals surface area contributed by atoms with Crippen molar-refractivity contribution in [3.8, 4) is 0 Å². The number of rotatable bonds is 6. The molecule has 0 unspecified atom stereocenters. The highest BCUT2D eigenvalue weighted by atomic mass is 18.2. The maximum atomic E-state index is 13.5. The van der Waals surface area contributed by atoms with Crippen molar-refractivity contribution in [2.45, 2.75) is 64.5 Å². The molecule has 0 radical (unpaired) electrons. The minimum Gasteiger partial charge on any atom is -0.462 e. The summed E-state index contributed by atoms with van der Waals surface area (Å²) in [6.07, 6.45) is 5.29. The van der Waals surface area contributed by atoms with Gasteiger partial charge in [0.2, 0.25) is 0 Å². The molecule has 0 saturated carbocycles. The Bertz CT molecular complexity index is 604. The molecule has 0 spiro atoms. The maximum Gasteiger partial charge on any atom is 0.305 e. The lowest BCUT2D eigenvalue weighted by molar-refractivity contribution is -0.157. The van der Waals surface area contributed by atoms with Crippen molar-refractivity contribution in [3.05, 3.63) is 34.9 Å². The van der Waals surface area contributed by atoms with E-state index in [1.165, 1.54) is 29.5 Å². The fourth-order valence-electron chi connectivity index (χ4n) is 4.21. The summed E-state index contributed by atoms with van der Waals surface area (Å²) >= 11 is 0. The highest BCUT2D eigenvalue weighted by Crippen LogP contribution is 2.40. The molecule has 1 saturated heterocycles. The van der Waals surface area contributed by atoms with Gasteiger partial charge >= 0.3 is 5.97 Å². The van der Waals surface area contributed by atoms with Crippen molar-refractivity contribution in [2.75, 3.05) is 19.8 Å². The van der Waals surface area contributed by atoms with Crippen LogP contribution in [-0.4, -0.2) is 36.7 Å². The largest absolute Gasteiger partial charge is 0.462 e. The zero-order valence-electron chi connectivity index (χ0n) is 15.5. The van der Waals surface area contributed by atoms with Gasteiger partial charge in [-0.25, -0.2) is 0 Å². The number of carbonyl (C=O) groups excluding carboxylic acids is 1. The van der Waals surface area contributed by atoms with Crippen LogP contribution in [0.4, 0.5) is 4.39 Å². The lowest BCUT2D eigenvalue weighted by Crippen LogP contribution is -2.49. The van der Waals surface area contributed by atoms with E-state index in [-0.39, 0.29) is 24.0 Å². The number of ether oxygens (including phenoxy) is 1. The molecule has 3 rings (SSSR count). The first-order valence-electron chi connectivity index (χ1n) is 9.77. The summed E-state index contributed by atoms with van der Waals surface area (Å²) in [5.74, 6) is -0.416. The number of hydrogen-bond acceptors (Lipinski definition) is 3. The fourth-order valence-corrected chi connectivity index (χ4v) is 4.21. The number of alkyl halides is 1. The van der Waals surface area contributed by atoms with E-state index in [9.17, 15) is 9.18 Å². The quantitative estimate of drug-likeness (QED) is 0.722. The number of carbonyl (C=O) groups is 1. The van der Waals surface area contributed by atoms with Crippen LogP contribution in [0.25, 0.3) is 0 Å². The van der Waals surface area contributed by atoms with Crippen LogP contribution < -0.4 is 0 Å². The molecule has 0 N–H and O–H groups in total. The van der Waals surface area contributed by atoms with Gasteiger partial charge in [-0.15, -0.1) is 0 Å². The van der Waals surface area contributed by atoms with Gasteiger partial charge in [0.15, 0.2) is 0 Å². The summed E-state index contributed by atoms with van der Waals surface area (Å²) in [7, 11) is 0. The lowest BCUT2D eigenvalue weighted by atomic mass is 9.81. The van der Waals surface area contributed by atoms with Gasteiger partial charge < -0.3 is 4.74 Å². The van der Waals surface area contributed by atoms with E-state index in [2.05, 4.69) is 30.0 Å². The van der Waals surface area contributed by atoms with Crippen LogP contribution in [0.15, 0.2) is 18.2 Å². The predicted octanol–water partition coefficient (Wildman–Crippen LogP) is 4.24. The van der Waals surface area contributed by atoms with Crippen molar-refractivity contribution in [1.29, 1.82) is 0 Å². The molecule has 1 fully saturated rings. The molecule has 1 aromatic carbocycles. The van der Waals surface area contributed by atoms with E-state index in [4.69, 9.17) is 4.74 Å². The minimum absolute atomic E-state index is 0.198. The molecule has 1 aromatic rings. The molecule has 0 bridgehead atoms. The fraction of sp³-hybridized carbons (Fsp3) is 0.667. The second kappa shape index (κ2) is 8.31. The standard InChI is InChI=1S/C21H30FNO2/c1-3-5-6-15-7-8-16-9-10-23-14-17(13-22)20(25-21(24)4-2)12-19(23)18(16)11-15/h7-8,11,17,19-20H,3-6,9-10,12-14H2,1-2H3/t17-,19-,20-/m0/s1/i22-1. The molecule has 2 aliphatic rings. The summed E-state index contributed by atoms with van der Waals surface area (Å²) in [5, 5.41) is 0. The van der Waals surface area contributed by atoms with Crippen LogP contribution >= 0.6 is 0 Å². The first kappa shape index (κ1) is 18.4. The van der Waals surface area contributed by atoms with E-state index in [1.54, 1.807) is 6.92 Å². The van der Waals surface area contributed by atoms with Gasteiger partial charge in [0.05, 0.1) is 6.67 Å². The third-order valence-electron chi connectivity index (χ3n) is 5.72. The Labute approximate surface area is 150 Å². The molecular weight excluding hydrogens is 316 g/mol. The van der Waals surface area contributed by atoms with Gasteiger partial charge in [-0.05, 0) is 36.0 Å². The summed E-state index contributed by atoms with van der Waals surface area (Å²) in [6.45, 7) is 5.23. The van der Waals surface area contributed by atoms with Crippen LogP contribution in [0.3, 0.4) is 0 Å². The molecule has 2 aliphatic heterocycles. The molecule has 4 heteroatoms. The second-order valence-electron chi connectivity index (χ2n) is 7.43. The number of benzene rings is 1. The molecule has 3 nitrogen and oxygen atoms in total. The lowest BCUT2D eigenvalue weighted by Gasteiger charge is -2.46. The van der Waals surface area contributed by atoms with Gasteiger partial charge in [0, 0.05) is 37.9 Å². The zero-order chi connectivity index (χ0) is 17.8. The molecule has 138 valence electrons. The summed E-state index contributed by atoms with van der Waals surface area (Å²) < 4.78 is 19.1. The smallest absolute Gasteiger partial charge is 0.305 e. The maximum absolute atomic E-state index is 13.5. The van der Waals surface area contributed by atoms with Crippen LogP contribution in [0.2, 0.25) is 0 Å². The van der Waals surface area contributed by atoms with Crippen LogP contribution in [0.5, 0.6) is 0 Å². The number of halogens is 1. The first-order valence-corrected chi connectivity index (χ1v) is 9.77. The average Bonchev–Trinajstić information content (AvgIpc) is 2.65. The molecule has 25 heavy (non-hydrogen) atoms. The monoisotopic (exact) mass is 346 g/mol. The second-order valence-corrected chi connectivity index (χ2v) is 7.43. The Morgan fingerprint density at radius 3 is 2.92 bits per heavy atom. The van der Waals surface area contributed by atoms with Crippen molar-refractivity contribution in [1.82, 2.24) is 4.90 Å². The van der Waals surface area contributed by atoms with E-state index >= 15 is 0 Å². The van der Waals surface area contributed by atoms with Crippen LogP contribution in [0, 0.1) is 5.92 Å².